The van der Waals surface area contributed by atoms with Gasteiger partial charge in [-0.15, -0.1) is 0 Å². The summed E-state index contributed by atoms with van der Waals surface area (Å²) in [5.74, 6) is 0. The van der Waals surface area contributed by atoms with E-state index in [1.54, 1.807) is 0 Å². The van der Waals surface area contributed by atoms with Crippen LogP contribution in [0.15, 0.2) is 24.3 Å². The van der Waals surface area contributed by atoms with Crippen LogP contribution in [0.25, 0.3) is 0 Å². The summed E-state index contributed by atoms with van der Waals surface area (Å²) in [5, 5.41) is 3.58. The van der Waals surface area contributed by atoms with E-state index in [-0.39, 0.29) is 5.41 Å². The van der Waals surface area contributed by atoms with Gasteiger partial charge in [-0.2, -0.15) is 0 Å². The molecule has 0 bridgehead atoms. The van der Waals surface area contributed by atoms with Crippen LogP contribution >= 0.6 is 0 Å². The van der Waals surface area contributed by atoms with E-state index in [2.05, 4.69) is 64.2 Å². The van der Waals surface area contributed by atoms with Crippen LogP contribution in [-0.4, -0.2) is 6.54 Å². The van der Waals surface area contributed by atoms with Crippen LogP contribution in [0.1, 0.15) is 44.9 Å². The second kappa shape index (κ2) is 4.80. The van der Waals surface area contributed by atoms with Crippen molar-refractivity contribution in [2.24, 2.45) is 5.41 Å². The van der Waals surface area contributed by atoms with Crippen LogP contribution in [0.5, 0.6) is 0 Å². The molecule has 0 aliphatic heterocycles. The Hall–Kier alpha value is -0.820. The Balaban J connectivity index is 3.05. The molecule has 1 aromatic rings. The van der Waals surface area contributed by atoms with E-state index in [1.807, 2.05) is 0 Å². The first kappa shape index (κ1) is 12.3. The molecule has 0 amide bonds. The molecule has 0 spiro atoms. The Morgan fingerprint density at radius 1 is 1.20 bits per heavy atom. The number of aryl methyl sites for hydroxylation is 1. The van der Waals surface area contributed by atoms with Gasteiger partial charge in [-0.3, -0.25) is 0 Å². The van der Waals surface area contributed by atoms with Gasteiger partial charge < -0.3 is 5.32 Å². The van der Waals surface area contributed by atoms with Crippen LogP contribution in [-0.2, 0) is 0 Å². The van der Waals surface area contributed by atoms with Gasteiger partial charge in [-0.25, -0.2) is 0 Å². The van der Waals surface area contributed by atoms with Crippen LogP contribution < -0.4 is 5.32 Å². The first-order valence-electron chi connectivity index (χ1n) is 5.75. The van der Waals surface area contributed by atoms with Gasteiger partial charge in [0.1, 0.15) is 0 Å². The molecule has 15 heavy (non-hydrogen) atoms. The van der Waals surface area contributed by atoms with Gasteiger partial charge in [0.05, 0.1) is 0 Å². The quantitative estimate of drug-likeness (QED) is 0.793. The molecule has 1 atom stereocenters. The van der Waals surface area contributed by atoms with E-state index in [9.17, 15) is 0 Å². The summed E-state index contributed by atoms with van der Waals surface area (Å²) in [5.41, 5.74) is 3.05. The van der Waals surface area contributed by atoms with Gasteiger partial charge >= 0.3 is 0 Å². The zero-order valence-corrected chi connectivity index (χ0v) is 10.6. The lowest BCUT2D eigenvalue weighted by Gasteiger charge is -2.32. The molecule has 1 unspecified atom stereocenters. The summed E-state index contributed by atoms with van der Waals surface area (Å²) in [6.45, 7) is 12.2. The minimum Gasteiger partial charge on any atom is -0.310 e. The molecule has 0 heterocycles. The molecule has 1 heteroatoms. The predicted octanol–water partition coefficient (Wildman–Crippen LogP) is 3.69. The van der Waals surface area contributed by atoms with Gasteiger partial charge in [0.25, 0.3) is 0 Å². The lowest BCUT2D eigenvalue weighted by molar-refractivity contribution is 0.276. The van der Waals surface area contributed by atoms with Crippen molar-refractivity contribution in [3.05, 3.63) is 35.4 Å². The summed E-state index contributed by atoms with van der Waals surface area (Å²) in [6, 6.07) is 9.08. The second-order valence-corrected chi connectivity index (χ2v) is 5.21. The predicted molar refractivity (Wildman–Crippen MR) is 67.1 cm³/mol. The lowest BCUT2D eigenvalue weighted by atomic mass is 9.81. The topological polar surface area (TPSA) is 12.0 Å². The normalized spacial score (nSPS) is 13.9. The van der Waals surface area contributed by atoms with E-state index in [0.29, 0.717) is 6.04 Å². The third-order valence-corrected chi connectivity index (χ3v) is 2.77. The number of benzene rings is 1. The standard InChI is InChI=1S/C14H23N/c1-6-15-13(14(3,4)5)12-10-8-7-9-11(12)2/h7-10,13,15H,6H2,1-5H3. The molecule has 0 radical (unpaired) electrons. The molecule has 1 rings (SSSR count). The van der Waals surface area contributed by atoms with Gasteiger partial charge in [-0.1, -0.05) is 52.0 Å². The van der Waals surface area contributed by atoms with Crippen molar-refractivity contribution in [3.63, 3.8) is 0 Å². The Morgan fingerprint density at radius 3 is 2.27 bits per heavy atom. The van der Waals surface area contributed by atoms with Crippen LogP contribution in [0, 0.1) is 12.3 Å². The number of hydrogen-bond donors (Lipinski definition) is 1. The fraction of sp³-hybridized carbons (Fsp3) is 0.571. The monoisotopic (exact) mass is 205 g/mol. The van der Waals surface area contributed by atoms with Crippen molar-refractivity contribution in [2.45, 2.75) is 40.7 Å². The highest BCUT2D eigenvalue weighted by Gasteiger charge is 2.25. The molecule has 0 aliphatic carbocycles. The summed E-state index contributed by atoms with van der Waals surface area (Å²) in [4.78, 5) is 0. The maximum Gasteiger partial charge on any atom is 0.0371 e. The van der Waals surface area contributed by atoms with E-state index < -0.39 is 0 Å². The lowest BCUT2D eigenvalue weighted by Crippen LogP contribution is -2.32. The van der Waals surface area contributed by atoms with E-state index in [1.165, 1.54) is 11.1 Å². The highest BCUT2D eigenvalue weighted by molar-refractivity contribution is 5.29. The molecular formula is C14H23N. The first-order valence-corrected chi connectivity index (χ1v) is 5.75. The number of nitrogens with one attached hydrogen (secondary N) is 1. The van der Waals surface area contributed by atoms with Gasteiger partial charge in [0.2, 0.25) is 0 Å². The zero-order valence-electron chi connectivity index (χ0n) is 10.6. The first-order chi connectivity index (χ1) is 6.96. The van der Waals surface area contributed by atoms with Crippen LogP contribution in [0.3, 0.4) is 0 Å². The smallest absolute Gasteiger partial charge is 0.0371 e. The highest BCUT2D eigenvalue weighted by atomic mass is 14.9. The molecule has 0 saturated heterocycles. The third kappa shape index (κ3) is 3.07. The Labute approximate surface area is 93.9 Å². The molecule has 0 saturated carbocycles. The average Bonchev–Trinajstić information content (AvgIpc) is 2.14. The molecular weight excluding hydrogens is 182 g/mol. The fourth-order valence-electron chi connectivity index (χ4n) is 2.00. The van der Waals surface area contributed by atoms with Crippen molar-refractivity contribution < 1.29 is 0 Å². The van der Waals surface area contributed by atoms with E-state index >= 15 is 0 Å². The molecule has 0 aliphatic rings. The Morgan fingerprint density at radius 2 is 1.80 bits per heavy atom. The second-order valence-electron chi connectivity index (χ2n) is 5.21. The Bertz CT molecular complexity index is 309. The fourth-order valence-corrected chi connectivity index (χ4v) is 2.00. The molecule has 84 valence electrons. The number of rotatable bonds is 3. The van der Waals surface area contributed by atoms with E-state index in [4.69, 9.17) is 0 Å². The third-order valence-electron chi connectivity index (χ3n) is 2.77. The molecule has 0 fully saturated rings. The summed E-state index contributed by atoms with van der Waals surface area (Å²) in [6.07, 6.45) is 0. The molecule has 0 aromatic heterocycles. The zero-order chi connectivity index (χ0) is 11.5. The van der Waals surface area contributed by atoms with Gasteiger partial charge in [0.15, 0.2) is 0 Å². The van der Waals surface area contributed by atoms with Crippen molar-refractivity contribution >= 4 is 0 Å². The molecule has 1 N–H and O–H groups in total. The maximum atomic E-state index is 3.58. The van der Waals surface area contributed by atoms with Gasteiger partial charge in [-0.05, 0) is 30.0 Å². The SMILES string of the molecule is CCNC(c1ccccc1C)C(C)(C)C. The van der Waals surface area contributed by atoms with Gasteiger partial charge in [0, 0.05) is 6.04 Å². The summed E-state index contributed by atoms with van der Waals surface area (Å²) < 4.78 is 0. The minimum atomic E-state index is 0.252. The molecule has 1 nitrogen and oxygen atoms in total. The van der Waals surface area contributed by atoms with Crippen LogP contribution in [0.2, 0.25) is 0 Å². The largest absolute Gasteiger partial charge is 0.310 e. The molecule has 1 aromatic carbocycles. The summed E-state index contributed by atoms with van der Waals surface area (Å²) in [7, 11) is 0. The average molecular weight is 205 g/mol. The van der Waals surface area contributed by atoms with Crippen molar-refractivity contribution in [3.8, 4) is 0 Å². The minimum absolute atomic E-state index is 0.252. The summed E-state index contributed by atoms with van der Waals surface area (Å²) >= 11 is 0. The number of hydrogen-bond acceptors (Lipinski definition) is 1. The maximum absolute atomic E-state index is 3.58. The van der Waals surface area contributed by atoms with Crippen LogP contribution in [0.4, 0.5) is 0 Å². The van der Waals surface area contributed by atoms with E-state index in [0.717, 1.165) is 6.54 Å². The van der Waals surface area contributed by atoms with Crippen molar-refractivity contribution in [2.75, 3.05) is 6.54 Å². The van der Waals surface area contributed by atoms with Crippen molar-refractivity contribution in [1.29, 1.82) is 0 Å². The van der Waals surface area contributed by atoms with Crippen molar-refractivity contribution in [1.82, 2.24) is 5.32 Å². The highest BCUT2D eigenvalue weighted by Crippen LogP contribution is 2.33. The Kier molecular flexibility index (Phi) is 3.92.